The van der Waals surface area contributed by atoms with Crippen molar-refractivity contribution in [3.8, 4) is 0 Å². The molecule has 1 aromatic heterocycles. The number of nitrogens with zero attached hydrogens (tertiary/aromatic N) is 1. The van der Waals surface area contributed by atoms with Gasteiger partial charge in [0, 0.05) is 18.9 Å². The second-order valence-corrected chi connectivity index (χ2v) is 5.63. The van der Waals surface area contributed by atoms with Crippen molar-refractivity contribution >= 4 is 0 Å². The van der Waals surface area contributed by atoms with Gasteiger partial charge in [0.15, 0.2) is 0 Å². The Morgan fingerprint density at radius 1 is 1.24 bits per heavy atom. The lowest BCUT2D eigenvalue weighted by Crippen LogP contribution is -2.25. The van der Waals surface area contributed by atoms with Crippen LogP contribution in [0.4, 0.5) is 0 Å². The highest BCUT2D eigenvalue weighted by molar-refractivity contribution is 5.16. The van der Waals surface area contributed by atoms with Crippen LogP contribution in [0, 0.1) is 18.8 Å². The zero-order valence-electron chi connectivity index (χ0n) is 11.1. The Kier molecular flexibility index (Phi) is 4.55. The van der Waals surface area contributed by atoms with Crippen LogP contribution in [-0.2, 0) is 6.54 Å². The van der Waals surface area contributed by atoms with Crippen molar-refractivity contribution < 1.29 is 0 Å². The van der Waals surface area contributed by atoms with Gasteiger partial charge in [-0.3, -0.25) is 4.98 Å². The van der Waals surface area contributed by atoms with E-state index in [1.165, 1.54) is 43.4 Å². The van der Waals surface area contributed by atoms with E-state index in [1.54, 1.807) is 0 Å². The normalized spacial score (nSPS) is 24.8. The minimum atomic E-state index is 0.893. The fourth-order valence-corrected chi connectivity index (χ4v) is 2.67. The van der Waals surface area contributed by atoms with Crippen molar-refractivity contribution in [2.75, 3.05) is 6.54 Å². The molecular formula is C15H24N2. The quantitative estimate of drug-likeness (QED) is 0.861. The molecule has 0 spiro atoms. The molecule has 2 heteroatoms. The first kappa shape index (κ1) is 12.6. The monoisotopic (exact) mass is 232 g/mol. The van der Waals surface area contributed by atoms with Gasteiger partial charge in [-0.15, -0.1) is 0 Å². The van der Waals surface area contributed by atoms with Crippen LogP contribution in [0.1, 0.15) is 43.7 Å². The van der Waals surface area contributed by atoms with E-state index in [9.17, 15) is 0 Å². The summed E-state index contributed by atoms with van der Waals surface area (Å²) >= 11 is 0. The van der Waals surface area contributed by atoms with Gasteiger partial charge in [0.05, 0.1) is 0 Å². The largest absolute Gasteiger partial charge is 0.312 e. The maximum atomic E-state index is 4.22. The molecule has 0 aliphatic heterocycles. The minimum absolute atomic E-state index is 0.893. The van der Waals surface area contributed by atoms with E-state index < -0.39 is 0 Å². The van der Waals surface area contributed by atoms with Crippen molar-refractivity contribution in [1.82, 2.24) is 10.3 Å². The lowest BCUT2D eigenvalue weighted by Gasteiger charge is -2.26. The molecule has 94 valence electrons. The Hall–Kier alpha value is -0.890. The topological polar surface area (TPSA) is 24.9 Å². The maximum Gasteiger partial charge on any atom is 0.0313 e. The minimum Gasteiger partial charge on any atom is -0.312 e. The van der Waals surface area contributed by atoms with E-state index >= 15 is 0 Å². The fourth-order valence-electron chi connectivity index (χ4n) is 2.67. The van der Waals surface area contributed by atoms with Crippen molar-refractivity contribution in [2.45, 2.75) is 46.1 Å². The molecule has 17 heavy (non-hydrogen) atoms. The molecule has 1 aliphatic carbocycles. The van der Waals surface area contributed by atoms with E-state index in [-0.39, 0.29) is 0 Å². The Morgan fingerprint density at radius 3 is 2.71 bits per heavy atom. The third kappa shape index (κ3) is 4.12. The Bertz CT molecular complexity index is 341. The molecule has 1 saturated carbocycles. The van der Waals surface area contributed by atoms with Crippen LogP contribution in [0.5, 0.6) is 0 Å². The molecule has 0 amide bonds. The molecule has 0 saturated heterocycles. The smallest absolute Gasteiger partial charge is 0.0313 e. The molecule has 0 radical (unpaired) electrons. The summed E-state index contributed by atoms with van der Waals surface area (Å²) < 4.78 is 0. The van der Waals surface area contributed by atoms with Gasteiger partial charge in [0.2, 0.25) is 0 Å². The van der Waals surface area contributed by atoms with Crippen LogP contribution in [0.25, 0.3) is 0 Å². The van der Waals surface area contributed by atoms with Crippen LogP contribution in [0.15, 0.2) is 18.5 Å². The molecule has 0 bridgehead atoms. The first-order valence-electron chi connectivity index (χ1n) is 6.85. The summed E-state index contributed by atoms with van der Waals surface area (Å²) in [4.78, 5) is 4.22. The van der Waals surface area contributed by atoms with Crippen LogP contribution >= 0.6 is 0 Å². The number of pyridine rings is 1. The van der Waals surface area contributed by atoms with Crippen LogP contribution < -0.4 is 5.32 Å². The third-order valence-corrected chi connectivity index (χ3v) is 3.83. The van der Waals surface area contributed by atoms with Gasteiger partial charge in [-0.2, -0.15) is 0 Å². The average molecular weight is 232 g/mol. The standard InChI is InChI=1S/C15H24N2/c1-12-3-5-14(6-4-12)9-17-11-15-7-13(2)8-16-10-15/h7-8,10,12,14,17H,3-6,9,11H2,1-2H3. The van der Waals surface area contributed by atoms with Gasteiger partial charge < -0.3 is 5.32 Å². The van der Waals surface area contributed by atoms with Crippen LogP contribution in [-0.4, -0.2) is 11.5 Å². The lowest BCUT2D eigenvalue weighted by atomic mass is 9.83. The van der Waals surface area contributed by atoms with Crippen LogP contribution in [0.2, 0.25) is 0 Å². The summed E-state index contributed by atoms with van der Waals surface area (Å²) in [6.07, 6.45) is 9.51. The number of nitrogens with one attached hydrogen (secondary N) is 1. The van der Waals surface area contributed by atoms with Crippen molar-refractivity contribution in [3.05, 3.63) is 29.6 Å². The Labute approximate surface area is 105 Å². The number of hydrogen-bond acceptors (Lipinski definition) is 2. The maximum absolute atomic E-state index is 4.22. The number of aryl methyl sites for hydroxylation is 1. The van der Waals surface area contributed by atoms with Crippen molar-refractivity contribution in [1.29, 1.82) is 0 Å². The molecule has 2 rings (SSSR count). The molecule has 2 nitrogen and oxygen atoms in total. The van der Waals surface area contributed by atoms with E-state index in [2.05, 4.69) is 30.2 Å². The van der Waals surface area contributed by atoms with Crippen LogP contribution in [0.3, 0.4) is 0 Å². The highest BCUT2D eigenvalue weighted by Gasteiger charge is 2.17. The zero-order chi connectivity index (χ0) is 12.1. The second-order valence-electron chi connectivity index (χ2n) is 5.63. The molecule has 1 fully saturated rings. The fraction of sp³-hybridized carbons (Fsp3) is 0.667. The molecule has 1 heterocycles. The molecule has 0 aromatic carbocycles. The van der Waals surface area contributed by atoms with E-state index in [4.69, 9.17) is 0 Å². The SMILES string of the molecule is Cc1cncc(CNCC2CCC(C)CC2)c1. The van der Waals surface area contributed by atoms with E-state index in [0.29, 0.717) is 0 Å². The summed E-state index contributed by atoms with van der Waals surface area (Å²) in [7, 11) is 0. The van der Waals surface area contributed by atoms with Gasteiger partial charge in [-0.25, -0.2) is 0 Å². The van der Waals surface area contributed by atoms with Gasteiger partial charge in [-0.1, -0.05) is 25.8 Å². The predicted octanol–water partition coefficient (Wildman–Crippen LogP) is 3.31. The predicted molar refractivity (Wildman–Crippen MR) is 71.8 cm³/mol. The lowest BCUT2D eigenvalue weighted by molar-refractivity contribution is 0.281. The zero-order valence-corrected chi connectivity index (χ0v) is 11.1. The van der Waals surface area contributed by atoms with Gasteiger partial charge in [0.25, 0.3) is 0 Å². The summed E-state index contributed by atoms with van der Waals surface area (Å²) in [6.45, 7) is 6.60. The third-order valence-electron chi connectivity index (χ3n) is 3.83. The summed E-state index contributed by atoms with van der Waals surface area (Å²) in [6, 6.07) is 2.21. The van der Waals surface area contributed by atoms with Gasteiger partial charge >= 0.3 is 0 Å². The molecule has 0 atom stereocenters. The first-order valence-corrected chi connectivity index (χ1v) is 6.85. The van der Waals surface area contributed by atoms with Crippen molar-refractivity contribution in [3.63, 3.8) is 0 Å². The molecule has 1 N–H and O–H groups in total. The highest BCUT2D eigenvalue weighted by Crippen LogP contribution is 2.27. The Morgan fingerprint density at radius 2 is 2.00 bits per heavy atom. The Balaban J connectivity index is 1.69. The summed E-state index contributed by atoms with van der Waals surface area (Å²) in [5, 5.41) is 3.57. The number of rotatable bonds is 4. The summed E-state index contributed by atoms with van der Waals surface area (Å²) in [5.41, 5.74) is 2.55. The highest BCUT2D eigenvalue weighted by atomic mass is 14.9. The molecule has 1 aromatic rings. The number of hydrogen-bond donors (Lipinski definition) is 1. The molecule has 0 unspecified atom stereocenters. The average Bonchev–Trinajstić information content (AvgIpc) is 2.32. The second kappa shape index (κ2) is 6.15. The summed E-state index contributed by atoms with van der Waals surface area (Å²) in [5.74, 6) is 1.84. The van der Waals surface area contributed by atoms with Crippen molar-refractivity contribution in [2.24, 2.45) is 11.8 Å². The van der Waals surface area contributed by atoms with Gasteiger partial charge in [-0.05, 0) is 49.3 Å². The van der Waals surface area contributed by atoms with E-state index in [1.807, 2.05) is 12.4 Å². The van der Waals surface area contributed by atoms with Gasteiger partial charge in [0.1, 0.15) is 0 Å². The van der Waals surface area contributed by atoms with E-state index in [0.717, 1.165) is 18.4 Å². The molecular weight excluding hydrogens is 208 g/mol. The molecule has 1 aliphatic rings. The first-order chi connectivity index (χ1) is 8.24. The number of aromatic nitrogens is 1.